The summed E-state index contributed by atoms with van der Waals surface area (Å²) in [5.41, 5.74) is -5.17. The zero-order valence-electron chi connectivity index (χ0n) is 16.9. The van der Waals surface area contributed by atoms with Gasteiger partial charge in [0.25, 0.3) is 11.8 Å². The number of hydrogen-bond donors (Lipinski definition) is 1. The number of carbonyl (C=O) groups is 2. The van der Waals surface area contributed by atoms with Crippen molar-refractivity contribution in [2.45, 2.75) is 31.4 Å². The molecule has 0 amide bonds. The molecular formula is C22H13ClF6N2O3. The molecule has 1 heterocycles. The van der Waals surface area contributed by atoms with Crippen LogP contribution in [0, 0.1) is 5.82 Å². The standard InChI is InChI=1S/C22H13ClF6N2O3/c23-13-4-1-3-12(22(27,28)29)16(13)19(32)31-15-5-2-8-21(25,26)17(15)18(30-31)11-7-6-10(20(33)34)9-14(11)24/h1,3-4,6-7,9H,2,5,8H2,(H,33,34). The predicted octanol–water partition coefficient (Wildman–Crippen LogP) is 6.18. The molecule has 1 N–H and O–H groups in total. The van der Waals surface area contributed by atoms with Crippen molar-refractivity contribution in [2.24, 2.45) is 0 Å². The molecule has 0 fully saturated rings. The number of alkyl halides is 5. The quantitative estimate of drug-likeness (QED) is 0.434. The molecule has 0 saturated heterocycles. The fourth-order valence-corrected chi connectivity index (χ4v) is 4.21. The third-order valence-electron chi connectivity index (χ3n) is 5.45. The lowest BCUT2D eigenvalue weighted by Gasteiger charge is -2.23. The summed E-state index contributed by atoms with van der Waals surface area (Å²) in [5, 5.41) is 12.3. The molecule has 4 rings (SSSR count). The molecule has 34 heavy (non-hydrogen) atoms. The number of rotatable bonds is 3. The van der Waals surface area contributed by atoms with Crippen LogP contribution in [0.5, 0.6) is 0 Å². The van der Waals surface area contributed by atoms with Crippen LogP contribution in [0.25, 0.3) is 11.3 Å². The minimum absolute atomic E-state index is 0.104. The molecule has 178 valence electrons. The van der Waals surface area contributed by atoms with E-state index in [1.807, 2.05) is 0 Å². The predicted molar refractivity (Wildman–Crippen MR) is 108 cm³/mol. The van der Waals surface area contributed by atoms with Gasteiger partial charge >= 0.3 is 12.1 Å². The number of halogens is 7. The monoisotopic (exact) mass is 502 g/mol. The lowest BCUT2D eigenvalue weighted by atomic mass is 9.89. The summed E-state index contributed by atoms with van der Waals surface area (Å²) in [7, 11) is 0. The summed E-state index contributed by atoms with van der Waals surface area (Å²) in [6, 6.07) is 5.12. The second-order valence-electron chi connectivity index (χ2n) is 7.61. The molecule has 3 aromatic rings. The Morgan fingerprint density at radius 2 is 1.85 bits per heavy atom. The Balaban J connectivity index is 1.97. The second kappa shape index (κ2) is 8.15. The highest BCUT2D eigenvalue weighted by atomic mass is 35.5. The van der Waals surface area contributed by atoms with Gasteiger partial charge in [-0.2, -0.15) is 23.0 Å². The van der Waals surface area contributed by atoms with Gasteiger partial charge in [-0.05, 0) is 43.2 Å². The van der Waals surface area contributed by atoms with Crippen LogP contribution in [0.4, 0.5) is 26.3 Å². The summed E-state index contributed by atoms with van der Waals surface area (Å²) in [6.07, 6.45) is -5.87. The van der Waals surface area contributed by atoms with Crippen molar-refractivity contribution >= 4 is 23.5 Å². The van der Waals surface area contributed by atoms with Crippen LogP contribution in [-0.4, -0.2) is 26.8 Å². The summed E-state index contributed by atoms with van der Waals surface area (Å²) >= 11 is 5.89. The fourth-order valence-electron chi connectivity index (χ4n) is 3.95. The third kappa shape index (κ3) is 3.93. The fraction of sp³-hybridized carbons (Fsp3) is 0.227. The Morgan fingerprint density at radius 3 is 2.47 bits per heavy atom. The van der Waals surface area contributed by atoms with E-state index in [1.54, 1.807) is 0 Å². The van der Waals surface area contributed by atoms with E-state index in [9.17, 15) is 35.9 Å². The molecule has 0 bridgehead atoms. The van der Waals surface area contributed by atoms with Crippen LogP contribution < -0.4 is 0 Å². The Morgan fingerprint density at radius 1 is 1.15 bits per heavy atom. The summed E-state index contributed by atoms with van der Waals surface area (Å²) < 4.78 is 85.6. The first-order valence-electron chi connectivity index (χ1n) is 9.76. The molecule has 1 aliphatic carbocycles. The highest BCUT2D eigenvalue weighted by Gasteiger charge is 2.45. The maximum Gasteiger partial charge on any atom is 0.417 e. The van der Waals surface area contributed by atoms with Crippen molar-refractivity contribution in [2.75, 3.05) is 0 Å². The first kappa shape index (κ1) is 23.8. The number of carboxylic acid groups (broad SMARTS) is 1. The van der Waals surface area contributed by atoms with E-state index in [1.165, 1.54) is 0 Å². The Bertz CT molecular complexity index is 1330. The van der Waals surface area contributed by atoms with Gasteiger partial charge in [-0.15, -0.1) is 0 Å². The Kier molecular flexibility index (Phi) is 5.71. The van der Waals surface area contributed by atoms with Gasteiger partial charge in [0.05, 0.1) is 33.0 Å². The van der Waals surface area contributed by atoms with Gasteiger partial charge in [0.1, 0.15) is 11.5 Å². The topological polar surface area (TPSA) is 72.2 Å². The van der Waals surface area contributed by atoms with Crippen molar-refractivity contribution in [1.29, 1.82) is 0 Å². The zero-order valence-corrected chi connectivity index (χ0v) is 17.6. The molecule has 12 heteroatoms. The van der Waals surface area contributed by atoms with Gasteiger partial charge in [0, 0.05) is 12.0 Å². The summed E-state index contributed by atoms with van der Waals surface area (Å²) in [5.74, 6) is -7.63. The first-order valence-corrected chi connectivity index (χ1v) is 10.1. The van der Waals surface area contributed by atoms with Crippen LogP contribution in [-0.2, 0) is 18.5 Å². The van der Waals surface area contributed by atoms with Gasteiger partial charge in [-0.1, -0.05) is 17.7 Å². The second-order valence-corrected chi connectivity index (χ2v) is 8.01. The molecule has 1 aliphatic rings. The van der Waals surface area contributed by atoms with E-state index < -0.39 is 74.7 Å². The van der Waals surface area contributed by atoms with Gasteiger partial charge in [0.2, 0.25) is 0 Å². The minimum Gasteiger partial charge on any atom is -0.478 e. The number of fused-ring (bicyclic) bond motifs is 1. The van der Waals surface area contributed by atoms with E-state index in [0.717, 1.165) is 24.3 Å². The van der Waals surface area contributed by atoms with Crippen LogP contribution in [0.3, 0.4) is 0 Å². The van der Waals surface area contributed by atoms with Gasteiger partial charge in [0.15, 0.2) is 0 Å². The number of hydrogen-bond acceptors (Lipinski definition) is 3. The number of benzene rings is 2. The van der Waals surface area contributed by atoms with Crippen LogP contribution in [0.15, 0.2) is 36.4 Å². The van der Waals surface area contributed by atoms with Crippen molar-refractivity contribution in [3.63, 3.8) is 0 Å². The van der Waals surface area contributed by atoms with Crippen molar-refractivity contribution in [3.05, 3.63) is 75.2 Å². The molecule has 0 atom stereocenters. The maximum atomic E-state index is 14.9. The average Bonchev–Trinajstić information content (AvgIpc) is 3.13. The number of carboxylic acids is 1. The highest BCUT2D eigenvalue weighted by molar-refractivity contribution is 6.34. The van der Waals surface area contributed by atoms with Gasteiger partial charge in [-0.3, -0.25) is 4.79 Å². The zero-order chi connectivity index (χ0) is 25.0. The van der Waals surface area contributed by atoms with E-state index in [4.69, 9.17) is 16.7 Å². The minimum atomic E-state index is -4.98. The number of aromatic nitrogens is 2. The van der Waals surface area contributed by atoms with Crippen LogP contribution >= 0.6 is 11.6 Å². The SMILES string of the molecule is O=C(O)c1ccc(-c2nn(C(=O)c3c(Cl)cccc3C(F)(F)F)c3c2C(F)(F)CCC3)c(F)c1. The number of carbonyl (C=O) groups excluding carboxylic acids is 1. The number of aromatic carboxylic acids is 1. The summed E-state index contributed by atoms with van der Waals surface area (Å²) in [6.45, 7) is 0. The smallest absolute Gasteiger partial charge is 0.417 e. The largest absolute Gasteiger partial charge is 0.478 e. The Hall–Kier alpha value is -3.34. The molecule has 5 nitrogen and oxygen atoms in total. The van der Waals surface area contributed by atoms with E-state index in [2.05, 4.69) is 5.10 Å². The molecule has 2 aromatic carbocycles. The highest BCUT2D eigenvalue weighted by Crippen LogP contribution is 2.46. The molecule has 0 spiro atoms. The van der Waals surface area contributed by atoms with Crippen molar-refractivity contribution < 1.29 is 41.0 Å². The normalized spacial score (nSPS) is 15.1. The van der Waals surface area contributed by atoms with Gasteiger partial charge in [-0.25, -0.2) is 18.0 Å². The third-order valence-corrected chi connectivity index (χ3v) is 5.76. The molecule has 0 radical (unpaired) electrons. The molecule has 1 aromatic heterocycles. The van der Waals surface area contributed by atoms with E-state index in [-0.39, 0.29) is 18.5 Å². The van der Waals surface area contributed by atoms with Crippen LogP contribution in [0.1, 0.15) is 50.4 Å². The molecular weight excluding hydrogens is 490 g/mol. The van der Waals surface area contributed by atoms with E-state index in [0.29, 0.717) is 16.8 Å². The molecule has 0 saturated carbocycles. The van der Waals surface area contributed by atoms with Gasteiger partial charge < -0.3 is 5.11 Å². The lowest BCUT2D eigenvalue weighted by Crippen LogP contribution is -2.26. The van der Waals surface area contributed by atoms with Crippen molar-refractivity contribution in [1.82, 2.24) is 9.78 Å². The average molecular weight is 503 g/mol. The maximum absolute atomic E-state index is 14.9. The molecule has 0 unspecified atom stereocenters. The van der Waals surface area contributed by atoms with E-state index >= 15 is 0 Å². The number of nitrogens with zero attached hydrogens (tertiary/aromatic N) is 2. The van der Waals surface area contributed by atoms with Crippen LogP contribution in [0.2, 0.25) is 5.02 Å². The summed E-state index contributed by atoms with van der Waals surface area (Å²) in [4.78, 5) is 24.3. The molecule has 0 aliphatic heterocycles. The van der Waals surface area contributed by atoms with Crippen molar-refractivity contribution in [3.8, 4) is 11.3 Å². The first-order chi connectivity index (χ1) is 15.8. The lowest BCUT2D eigenvalue weighted by molar-refractivity contribution is -0.137. The Labute approximate surface area is 192 Å².